The van der Waals surface area contributed by atoms with E-state index in [9.17, 15) is 14.4 Å². The Kier molecular flexibility index (Phi) is 44.0. The van der Waals surface area contributed by atoms with Gasteiger partial charge in [-0.2, -0.15) is 0 Å². The minimum absolute atomic E-state index is 0.0864. The van der Waals surface area contributed by atoms with Crippen molar-refractivity contribution in [3.8, 4) is 0 Å². The van der Waals surface area contributed by atoms with Crippen molar-refractivity contribution in [3.05, 3.63) is 72.9 Å². The lowest BCUT2D eigenvalue weighted by Gasteiger charge is -2.18. The number of esters is 3. The number of hydrogen-bond donors (Lipinski definition) is 0. The summed E-state index contributed by atoms with van der Waals surface area (Å²) in [5, 5.41) is 0. The minimum Gasteiger partial charge on any atom is -0.462 e. The highest BCUT2D eigenvalue weighted by molar-refractivity contribution is 5.71. The second-order valence-corrected chi connectivity index (χ2v) is 15.8. The number of allylic oxidation sites excluding steroid dienone is 12. The standard InChI is InChI=1S/C52H88O6/c1-4-7-10-13-16-19-22-23-24-25-26-27-28-31-33-36-39-42-45-51(54)57-48-49(58-52(55)46-43-40-37-34-30-21-18-15-12-9-6-3)47-56-50(53)44-41-38-35-32-29-20-17-14-11-8-5-2/h10,13,15-16,18-19,22-27,49H,4-9,11-12,14,17,20-21,28-48H2,1-3H3/b13-10-,18-15-,19-16-,23-22-,25-24-,27-26-. The van der Waals surface area contributed by atoms with Crippen LogP contribution in [0.2, 0.25) is 0 Å². The SMILES string of the molecule is CCC\C=C/C=C\C=C/C=C\C=C/CCCCCCCC(=O)OCC(COC(=O)CCCCCCCCCCCCC)OC(=O)CCCCCCC/C=C\CCCC. The summed E-state index contributed by atoms with van der Waals surface area (Å²) in [6, 6.07) is 0. The molecule has 0 aromatic carbocycles. The van der Waals surface area contributed by atoms with Crippen LogP contribution in [-0.4, -0.2) is 37.2 Å². The molecule has 6 nitrogen and oxygen atoms in total. The largest absolute Gasteiger partial charge is 0.462 e. The third kappa shape index (κ3) is 44.0. The Bertz CT molecular complexity index is 1110. The number of carbonyl (C=O) groups excluding carboxylic acids is 3. The summed E-state index contributed by atoms with van der Waals surface area (Å²) in [6.45, 7) is 6.46. The van der Waals surface area contributed by atoms with Crippen molar-refractivity contribution in [1.29, 1.82) is 0 Å². The second-order valence-electron chi connectivity index (χ2n) is 15.8. The predicted molar refractivity (Wildman–Crippen MR) is 247 cm³/mol. The van der Waals surface area contributed by atoms with Crippen molar-refractivity contribution in [2.45, 2.75) is 226 Å². The third-order valence-electron chi connectivity index (χ3n) is 10.0. The van der Waals surface area contributed by atoms with E-state index in [0.717, 1.165) is 96.3 Å². The number of ether oxygens (including phenoxy) is 3. The van der Waals surface area contributed by atoms with Crippen LogP contribution < -0.4 is 0 Å². The number of hydrogen-bond acceptors (Lipinski definition) is 6. The van der Waals surface area contributed by atoms with E-state index in [4.69, 9.17) is 14.2 Å². The van der Waals surface area contributed by atoms with Crippen LogP contribution in [0.1, 0.15) is 220 Å². The summed E-state index contributed by atoms with van der Waals surface area (Å²) >= 11 is 0. The van der Waals surface area contributed by atoms with Gasteiger partial charge in [-0.3, -0.25) is 14.4 Å². The zero-order valence-corrected chi connectivity index (χ0v) is 37.8. The Morgan fingerprint density at radius 3 is 1.14 bits per heavy atom. The number of rotatable bonds is 42. The van der Waals surface area contributed by atoms with Crippen LogP contribution in [0.3, 0.4) is 0 Å². The fourth-order valence-electron chi connectivity index (χ4n) is 6.39. The Morgan fingerprint density at radius 2 is 0.690 bits per heavy atom. The first kappa shape index (κ1) is 54.9. The van der Waals surface area contributed by atoms with E-state index in [0.29, 0.717) is 19.3 Å². The van der Waals surface area contributed by atoms with Gasteiger partial charge in [0.1, 0.15) is 13.2 Å². The lowest BCUT2D eigenvalue weighted by Crippen LogP contribution is -2.30. The van der Waals surface area contributed by atoms with E-state index < -0.39 is 6.10 Å². The van der Waals surface area contributed by atoms with Gasteiger partial charge in [0.25, 0.3) is 0 Å². The first-order valence-electron chi connectivity index (χ1n) is 24.0. The molecule has 0 N–H and O–H groups in total. The van der Waals surface area contributed by atoms with Crippen LogP contribution in [0.15, 0.2) is 72.9 Å². The molecule has 0 aromatic heterocycles. The summed E-state index contributed by atoms with van der Waals surface area (Å²) in [5.74, 6) is -0.925. The third-order valence-corrected chi connectivity index (χ3v) is 10.0. The van der Waals surface area contributed by atoms with Crippen molar-refractivity contribution in [2.24, 2.45) is 0 Å². The van der Waals surface area contributed by atoms with Crippen LogP contribution >= 0.6 is 0 Å². The van der Waals surface area contributed by atoms with Gasteiger partial charge in [-0.05, 0) is 57.8 Å². The maximum atomic E-state index is 12.7. The van der Waals surface area contributed by atoms with Gasteiger partial charge in [-0.15, -0.1) is 0 Å². The average Bonchev–Trinajstić information content (AvgIpc) is 3.22. The fraction of sp³-hybridized carbons (Fsp3) is 0.712. The molecule has 0 heterocycles. The van der Waals surface area contributed by atoms with E-state index >= 15 is 0 Å². The topological polar surface area (TPSA) is 78.9 Å². The summed E-state index contributed by atoms with van der Waals surface area (Å²) in [7, 11) is 0. The minimum atomic E-state index is -0.786. The molecule has 0 aliphatic rings. The smallest absolute Gasteiger partial charge is 0.306 e. The molecule has 0 spiro atoms. The molecule has 0 aliphatic carbocycles. The van der Waals surface area contributed by atoms with Crippen molar-refractivity contribution < 1.29 is 28.6 Å². The first-order chi connectivity index (χ1) is 28.5. The summed E-state index contributed by atoms with van der Waals surface area (Å²) in [4.78, 5) is 37.8. The van der Waals surface area contributed by atoms with Gasteiger partial charge in [0.2, 0.25) is 0 Å². The molecule has 58 heavy (non-hydrogen) atoms. The first-order valence-corrected chi connectivity index (χ1v) is 24.0. The van der Waals surface area contributed by atoms with Gasteiger partial charge in [0, 0.05) is 19.3 Å². The molecule has 0 rings (SSSR count). The lowest BCUT2D eigenvalue weighted by molar-refractivity contribution is -0.167. The van der Waals surface area contributed by atoms with Crippen molar-refractivity contribution in [1.82, 2.24) is 0 Å². The Morgan fingerprint density at radius 1 is 0.345 bits per heavy atom. The monoisotopic (exact) mass is 809 g/mol. The molecule has 0 radical (unpaired) electrons. The van der Waals surface area contributed by atoms with Gasteiger partial charge in [-0.25, -0.2) is 0 Å². The van der Waals surface area contributed by atoms with Crippen molar-refractivity contribution >= 4 is 17.9 Å². The molecule has 1 atom stereocenters. The van der Waals surface area contributed by atoms with Crippen molar-refractivity contribution in [2.75, 3.05) is 13.2 Å². The molecule has 1 unspecified atom stereocenters. The molecule has 0 amide bonds. The summed E-state index contributed by atoms with van der Waals surface area (Å²) < 4.78 is 16.7. The van der Waals surface area contributed by atoms with Crippen LogP contribution in [-0.2, 0) is 28.6 Å². The Labute approximate surface area is 357 Å². The molecular formula is C52H88O6. The zero-order valence-electron chi connectivity index (χ0n) is 37.8. The fourth-order valence-corrected chi connectivity index (χ4v) is 6.39. The molecule has 0 saturated heterocycles. The predicted octanol–water partition coefficient (Wildman–Crippen LogP) is 15.5. The average molecular weight is 809 g/mol. The highest BCUT2D eigenvalue weighted by Crippen LogP contribution is 2.14. The quantitative estimate of drug-likeness (QED) is 0.0201. The number of unbranched alkanes of at least 4 members (excludes halogenated alkanes) is 23. The molecule has 0 fully saturated rings. The van der Waals surface area contributed by atoms with Crippen LogP contribution in [0.4, 0.5) is 0 Å². The molecule has 0 aliphatic heterocycles. The number of carbonyl (C=O) groups is 3. The Hall–Kier alpha value is -3.15. The van der Waals surface area contributed by atoms with Gasteiger partial charge in [0.05, 0.1) is 0 Å². The molecule has 332 valence electrons. The van der Waals surface area contributed by atoms with E-state index in [1.807, 2.05) is 24.3 Å². The highest BCUT2D eigenvalue weighted by atomic mass is 16.6. The normalized spacial score (nSPS) is 12.7. The second kappa shape index (κ2) is 46.5. The molecular weight excluding hydrogens is 721 g/mol. The molecule has 6 heteroatoms. The van der Waals surface area contributed by atoms with Crippen LogP contribution in [0.5, 0.6) is 0 Å². The van der Waals surface area contributed by atoms with E-state index in [1.165, 1.54) is 83.5 Å². The maximum Gasteiger partial charge on any atom is 0.306 e. The van der Waals surface area contributed by atoms with Crippen LogP contribution in [0, 0.1) is 0 Å². The van der Waals surface area contributed by atoms with Gasteiger partial charge < -0.3 is 14.2 Å². The van der Waals surface area contributed by atoms with E-state index in [-0.39, 0.29) is 31.1 Å². The maximum absolute atomic E-state index is 12.7. The van der Waals surface area contributed by atoms with E-state index in [2.05, 4.69) is 69.4 Å². The molecule has 0 bridgehead atoms. The van der Waals surface area contributed by atoms with Crippen molar-refractivity contribution in [3.63, 3.8) is 0 Å². The molecule has 0 saturated carbocycles. The summed E-state index contributed by atoms with van der Waals surface area (Å²) in [5.41, 5.74) is 0. The van der Waals surface area contributed by atoms with Crippen LogP contribution in [0.25, 0.3) is 0 Å². The zero-order chi connectivity index (χ0) is 42.3. The van der Waals surface area contributed by atoms with E-state index in [1.54, 1.807) is 0 Å². The van der Waals surface area contributed by atoms with Gasteiger partial charge in [0.15, 0.2) is 6.10 Å². The Balaban J connectivity index is 4.42. The molecule has 0 aromatic rings. The van der Waals surface area contributed by atoms with Gasteiger partial charge >= 0.3 is 17.9 Å². The highest BCUT2D eigenvalue weighted by Gasteiger charge is 2.19. The lowest BCUT2D eigenvalue weighted by atomic mass is 10.1. The summed E-state index contributed by atoms with van der Waals surface area (Å²) in [6.07, 6.45) is 57.3. The van der Waals surface area contributed by atoms with Gasteiger partial charge in [-0.1, -0.05) is 216 Å².